The van der Waals surface area contributed by atoms with Gasteiger partial charge in [0.1, 0.15) is 0 Å². The Morgan fingerprint density at radius 2 is 1.81 bits per heavy atom. The SMILES string of the molecule is CCNCC(C)c1ccc(COC2CCC(C)CC2)cc1. The van der Waals surface area contributed by atoms with E-state index >= 15 is 0 Å². The zero-order valence-corrected chi connectivity index (χ0v) is 13.9. The molecule has 0 heterocycles. The van der Waals surface area contributed by atoms with E-state index in [1.807, 2.05) is 0 Å². The molecule has 1 saturated carbocycles. The van der Waals surface area contributed by atoms with Gasteiger partial charge in [-0.05, 0) is 55.2 Å². The van der Waals surface area contributed by atoms with E-state index in [9.17, 15) is 0 Å². The molecule has 1 atom stereocenters. The molecule has 0 saturated heterocycles. The Labute approximate surface area is 130 Å². The number of hydrogen-bond donors (Lipinski definition) is 1. The lowest BCUT2D eigenvalue weighted by molar-refractivity contribution is 0.00877. The summed E-state index contributed by atoms with van der Waals surface area (Å²) in [6.45, 7) is 9.63. The van der Waals surface area contributed by atoms with E-state index in [0.717, 1.165) is 25.6 Å². The van der Waals surface area contributed by atoms with Crippen LogP contribution in [0.2, 0.25) is 0 Å². The third-order valence-corrected chi connectivity index (χ3v) is 4.70. The maximum atomic E-state index is 6.07. The van der Waals surface area contributed by atoms with E-state index in [4.69, 9.17) is 4.74 Å². The predicted molar refractivity (Wildman–Crippen MR) is 89.6 cm³/mol. The van der Waals surface area contributed by atoms with Gasteiger partial charge in [0.15, 0.2) is 0 Å². The van der Waals surface area contributed by atoms with Crippen LogP contribution in [-0.2, 0) is 11.3 Å². The van der Waals surface area contributed by atoms with Crippen molar-refractivity contribution in [2.24, 2.45) is 5.92 Å². The van der Waals surface area contributed by atoms with Crippen molar-refractivity contribution in [3.05, 3.63) is 35.4 Å². The number of likely N-dealkylation sites (N-methyl/N-ethyl adjacent to an activating group) is 1. The van der Waals surface area contributed by atoms with Gasteiger partial charge in [-0.3, -0.25) is 0 Å². The Morgan fingerprint density at radius 1 is 1.14 bits per heavy atom. The van der Waals surface area contributed by atoms with Crippen LogP contribution >= 0.6 is 0 Å². The molecule has 1 aliphatic carbocycles. The quantitative estimate of drug-likeness (QED) is 0.798. The molecule has 2 heteroatoms. The van der Waals surface area contributed by atoms with Gasteiger partial charge < -0.3 is 10.1 Å². The molecule has 0 radical (unpaired) electrons. The molecule has 118 valence electrons. The molecule has 1 fully saturated rings. The van der Waals surface area contributed by atoms with Gasteiger partial charge in [0.2, 0.25) is 0 Å². The van der Waals surface area contributed by atoms with Crippen LogP contribution in [-0.4, -0.2) is 19.2 Å². The first-order valence-corrected chi connectivity index (χ1v) is 8.60. The lowest BCUT2D eigenvalue weighted by Crippen LogP contribution is -2.20. The van der Waals surface area contributed by atoms with Gasteiger partial charge >= 0.3 is 0 Å². The third kappa shape index (κ3) is 5.44. The van der Waals surface area contributed by atoms with Crippen LogP contribution in [0.15, 0.2) is 24.3 Å². The first kappa shape index (κ1) is 16.5. The van der Waals surface area contributed by atoms with E-state index in [1.165, 1.54) is 36.8 Å². The van der Waals surface area contributed by atoms with E-state index in [-0.39, 0.29) is 0 Å². The standard InChI is InChI=1S/C19H31NO/c1-4-20-13-16(3)18-9-7-17(8-10-18)14-21-19-11-5-15(2)6-12-19/h7-10,15-16,19-20H,4-6,11-14H2,1-3H3. The summed E-state index contributed by atoms with van der Waals surface area (Å²) < 4.78 is 6.07. The second-order valence-electron chi connectivity index (χ2n) is 6.64. The Bertz CT molecular complexity index is 393. The molecule has 0 aromatic heterocycles. The van der Waals surface area contributed by atoms with Crippen molar-refractivity contribution in [1.29, 1.82) is 0 Å². The number of hydrogen-bond acceptors (Lipinski definition) is 2. The largest absolute Gasteiger partial charge is 0.374 e. The summed E-state index contributed by atoms with van der Waals surface area (Å²) in [6, 6.07) is 8.96. The van der Waals surface area contributed by atoms with Crippen molar-refractivity contribution in [1.82, 2.24) is 5.32 Å². The molecule has 1 aromatic rings. The Hall–Kier alpha value is -0.860. The second kappa shape index (κ2) is 8.55. The summed E-state index contributed by atoms with van der Waals surface area (Å²) in [4.78, 5) is 0. The van der Waals surface area contributed by atoms with E-state index < -0.39 is 0 Å². The molecule has 0 bridgehead atoms. The molecule has 0 aliphatic heterocycles. The fraction of sp³-hybridized carbons (Fsp3) is 0.684. The molecule has 21 heavy (non-hydrogen) atoms. The van der Waals surface area contributed by atoms with E-state index in [0.29, 0.717) is 12.0 Å². The van der Waals surface area contributed by atoms with Gasteiger partial charge in [-0.2, -0.15) is 0 Å². The third-order valence-electron chi connectivity index (χ3n) is 4.70. The predicted octanol–water partition coefficient (Wildman–Crippen LogP) is 4.49. The fourth-order valence-electron chi connectivity index (χ4n) is 3.03. The minimum Gasteiger partial charge on any atom is -0.374 e. The molecule has 0 spiro atoms. The zero-order chi connectivity index (χ0) is 15.1. The number of ether oxygens (including phenoxy) is 1. The normalized spacial score (nSPS) is 24.0. The minimum atomic E-state index is 0.480. The molecule has 2 nitrogen and oxygen atoms in total. The molecule has 1 aromatic carbocycles. The highest BCUT2D eigenvalue weighted by atomic mass is 16.5. The van der Waals surface area contributed by atoms with Crippen LogP contribution in [0.1, 0.15) is 63.5 Å². The van der Waals surface area contributed by atoms with Crippen molar-refractivity contribution in [3.63, 3.8) is 0 Å². The smallest absolute Gasteiger partial charge is 0.0720 e. The summed E-state index contributed by atoms with van der Waals surface area (Å²) >= 11 is 0. The first-order valence-electron chi connectivity index (χ1n) is 8.60. The van der Waals surface area contributed by atoms with Gasteiger partial charge in [-0.15, -0.1) is 0 Å². The molecule has 0 amide bonds. The Kier molecular flexibility index (Phi) is 6.72. The summed E-state index contributed by atoms with van der Waals surface area (Å²) in [5.41, 5.74) is 2.71. The molecule has 1 aliphatic rings. The molecule has 1 N–H and O–H groups in total. The van der Waals surface area contributed by atoms with Crippen LogP contribution in [0, 0.1) is 5.92 Å². The van der Waals surface area contributed by atoms with E-state index in [2.05, 4.69) is 50.4 Å². The number of rotatable bonds is 7. The zero-order valence-electron chi connectivity index (χ0n) is 13.9. The van der Waals surface area contributed by atoms with Gasteiger partial charge in [0.05, 0.1) is 12.7 Å². The molecular weight excluding hydrogens is 258 g/mol. The van der Waals surface area contributed by atoms with E-state index in [1.54, 1.807) is 0 Å². The number of nitrogens with one attached hydrogen (secondary N) is 1. The van der Waals surface area contributed by atoms with Gasteiger partial charge in [0.25, 0.3) is 0 Å². The first-order chi connectivity index (χ1) is 10.2. The van der Waals surface area contributed by atoms with Crippen LogP contribution < -0.4 is 5.32 Å². The van der Waals surface area contributed by atoms with Gasteiger partial charge in [-0.25, -0.2) is 0 Å². The van der Waals surface area contributed by atoms with Gasteiger partial charge in [0, 0.05) is 6.54 Å². The average molecular weight is 289 g/mol. The summed E-state index contributed by atoms with van der Waals surface area (Å²) in [5.74, 6) is 1.46. The topological polar surface area (TPSA) is 21.3 Å². The fourth-order valence-corrected chi connectivity index (χ4v) is 3.03. The highest BCUT2D eigenvalue weighted by Gasteiger charge is 2.18. The monoisotopic (exact) mass is 289 g/mol. The maximum absolute atomic E-state index is 6.07. The molecule has 2 rings (SSSR count). The number of benzene rings is 1. The van der Waals surface area contributed by atoms with Crippen LogP contribution in [0.5, 0.6) is 0 Å². The second-order valence-corrected chi connectivity index (χ2v) is 6.64. The van der Waals surface area contributed by atoms with Crippen molar-refractivity contribution < 1.29 is 4.74 Å². The Balaban J connectivity index is 1.77. The highest BCUT2D eigenvalue weighted by Crippen LogP contribution is 2.26. The summed E-state index contributed by atoms with van der Waals surface area (Å²) in [6.07, 6.45) is 5.60. The Morgan fingerprint density at radius 3 is 2.43 bits per heavy atom. The molecule has 1 unspecified atom stereocenters. The maximum Gasteiger partial charge on any atom is 0.0720 e. The van der Waals surface area contributed by atoms with Crippen molar-refractivity contribution in [3.8, 4) is 0 Å². The van der Waals surface area contributed by atoms with Crippen molar-refractivity contribution in [2.45, 2.75) is 65.1 Å². The lowest BCUT2D eigenvalue weighted by atomic mass is 9.89. The van der Waals surface area contributed by atoms with Crippen molar-refractivity contribution in [2.75, 3.05) is 13.1 Å². The highest BCUT2D eigenvalue weighted by molar-refractivity contribution is 5.24. The summed E-state index contributed by atoms with van der Waals surface area (Å²) in [7, 11) is 0. The van der Waals surface area contributed by atoms with Crippen LogP contribution in [0.25, 0.3) is 0 Å². The minimum absolute atomic E-state index is 0.480. The van der Waals surface area contributed by atoms with Crippen LogP contribution in [0.3, 0.4) is 0 Å². The van der Waals surface area contributed by atoms with Crippen LogP contribution in [0.4, 0.5) is 0 Å². The molecular formula is C19H31NO. The van der Waals surface area contributed by atoms with Crippen molar-refractivity contribution >= 4 is 0 Å². The summed E-state index contributed by atoms with van der Waals surface area (Å²) in [5, 5.41) is 3.41. The average Bonchev–Trinajstić information content (AvgIpc) is 2.52. The lowest BCUT2D eigenvalue weighted by Gasteiger charge is -2.26. The van der Waals surface area contributed by atoms with Gasteiger partial charge in [-0.1, -0.05) is 45.0 Å².